The maximum absolute atomic E-state index is 12.8. The Morgan fingerprint density at radius 2 is 1.88 bits per heavy atom. The first-order valence-corrected chi connectivity index (χ1v) is 8.67. The van der Waals surface area contributed by atoms with Gasteiger partial charge in [-0.2, -0.15) is 0 Å². The van der Waals surface area contributed by atoms with E-state index in [0.29, 0.717) is 0 Å². The van der Waals surface area contributed by atoms with Crippen LogP contribution >= 0.6 is 0 Å². The Morgan fingerprint density at radius 3 is 2.79 bits per heavy atom. The number of carbonyl (C=O) groups is 1. The third-order valence-corrected chi connectivity index (χ3v) is 5.02. The van der Waals surface area contributed by atoms with Crippen molar-refractivity contribution < 1.29 is 4.79 Å². The standard InChI is InChI=1S/C20H23N3O/c1-22-12-10-15-8-9-18(13-17(15)14-22)21-20(24)23-11-4-6-16-5-2-3-7-19(16)23/h2-3,5,7-9,13H,4,6,10-12,14H2,1H3,(H,21,24). The van der Waals surface area contributed by atoms with Crippen molar-refractivity contribution in [1.29, 1.82) is 0 Å². The number of nitrogens with zero attached hydrogens (tertiary/aromatic N) is 2. The number of nitrogens with one attached hydrogen (secondary N) is 1. The predicted molar refractivity (Wildman–Crippen MR) is 97.6 cm³/mol. The molecule has 2 aromatic carbocycles. The molecule has 2 aromatic rings. The largest absolute Gasteiger partial charge is 0.326 e. The van der Waals surface area contributed by atoms with Gasteiger partial charge in [0.25, 0.3) is 0 Å². The molecule has 1 N–H and O–H groups in total. The van der Waals surface area contributed by atoms with Gasteiger partial charge in [0.05, 0.1) is 0 Å². The van der Waals surface area contributed by atoms with E-state index in [1.807, 2.05) is 29.2 Å². The van der Waals surface area contributed by atoms with Crippen LogP contribution in [0.5, 0.6) is 0 Å². The number of rotatable bonds is 1. The van der Waals surface area contributed by atoms with Gasteiger partial charge in [-0.1, -0.05) is 24.3 Å². The maximum Gasteiger partial charge on any atom is 0.326 e. The monoisotopic (exact) mass is 321 g/mol. The van der Waals surface area contributed by atoms with E-state index in [-0.39, 0.29) is 6.03 Å². The number of benzene rings is 2. The van der Waals surface area contributed by atoms with Crippen molar-refractivity contribution in [3.8, 4) is 0 Å². The number of carbonyl (C=O) groups excluding carboxylic acids is 1. The number of para-hydroxylation sites is 1. The normalized spacial score (nSPS) is 17.1. The molecule has 0 bridgehead atoms. The van der Waals surface area contributed by atoms with Crippen molar-refractivity contribution in [2.45, 2.75) is 25.8 Å². The molecule has 4 nitrogen and oxygen atoms in total. The van der Waals surface area contributed by atoms with Gasteiger partial charge in [0.2, 0.25) is 0 Å². The summed E-state index contributed by atoms with van der Waals surface area (Å²) in [6, 6.07) is 14.5. The topological polar surface area (TPSA) is 35.6 Å². The molecule has 0 radical (unpaired) electrons. The van der Waals surface area contributed by atoms with Gasteiger partial charge in [-0.15, -0.1) is 0 Å². The molecule has 4 heteroatoms. The van der Waals surface area contributed by atoms with Crippen LogP contribution in [0.25, 0.3) is 0 Å². The van der Waals surface area contributed by atoms with Crippen LogP contribution in [0.3, 0.4) is 0 Å². The smallest absolute Gasteiger partial charge is 0.308 e. The number of likely N-dealkylation sites (N-methyl/N-ethyl adjacent to an activating group) is 1. The highest BCUT2D eigenvalue weighted by atomic mass is 16.2. The SMILES string of the molecule is CN1CCc2ccc(NC(=O)N3CCCc4ccccc43)cc2C1. The van der Waals surface area contributed by atoms with Crippen LogP contribution in [-0.2, 0) is 19.4 Å². The lowest BCUT2D eigenvalue weighted by Crippen LogP contribution is -2.38. The second-order valence-electron chi connectivity index (χ2n) is 6.79. The van der Waals surface area contributed by atoms with E-state index in [1.165, 1.54) is 16.7 Å². The van der Waals surface area contributed by atoms with Crippen molar-refractivity contribution in [2.24, 2.45) is 0 Å². The van der Waals surface area contributed by atoms with Crippen LogP contribution in [0.4, 0.5) is 16.2 Å². The molecule has 2 amide bonds. The Labute approximate surface area is 143 Å². The maximum atomic E-state index is 12.8. The third kappa shape index (κ3) is 2.89. The van der Waals surface area contributed by atoms with Crippen molar-refractivity contribution in [3.05, 3.63) is 59.2 Å². The minimum atomic E-state index is -0.0359. The van der Waals surface area contributed by atoms with Crippen LogP contribution < -0.4 is 10.2 Å². The van der Waals surface area contributed by atoms with E-state index in [4.69, 9.17) is 0 Å². The lowest BCUT2D eigenvalue weighted by Gasteiger charge is -2.30. The zero-order chi connectivity index (χ0) is 16.5. The van der Waals surface area contributed by atoms with Gasteiger partial charge >= 0.3 is 6.03 Å². The number of fused-ring (bicyclic) bond motifs is 2. The van der Waals surface area contributed by atoms with E-state index in [1.54, 1.807) is 0 Å². The number of hydrogen-bond donors (Lipinski definition) is 1. The average molecular weight is 321 g/mol. The first-order valence-electron chi connectivity index (χ1n) is 8.67. The molecule has 0 atom stereocenters. The van der Waals surface area contributed by atoms with Gasteiger partial charge in [0.1, 0.15) is 0 Å². The first kappa shape index (κ1) is 15.2. The number of anilines is 2. The fourth-order valence-corrected chi connectivity index (χ4v) is 3.71. The molecule has 0 fully saturated rings. The highest BCUT2D eigenvalue weighted by Gasteiger charge is 2.22. The van der Waals surface area contributed by atoms with E-state index >= 15 is 0 Å². The van der Waals surface area contributed by atoms with Crippen molar-refractivity contribution in [2.75, 3.05) is 30.4 Å². The van der Waals surface area contributed by atoms with Crippen molar-refractivity contribution in [1.82, 2.24) is 4.90 Å². The quantitative estimate of drug-likeness (QED) is 0.870. The zero-order valence-corrected chi connectivity index (χ0v) is 14.1. The predicted octanol–water partition coefficient (Wildman–Crippen LogP) is 3.66. The first-order chi connectivity index (χ1) is 11.7. The molecular formula is C20H23N3O. The molecule has 2 heterocycles. The molecule has 24 heavy (non-hydrogen) atoms. The molecule has 2 aliphatic heterocycles. The van der Waals surface area contributed by atoms with E-state index < -0.39 is 0 Å². The molecule has 0 saturated carbocycles. The van der Waals surface area contributed by atoms with Gasteiger partial charge in [0.15, 0.2) is 0 Å². The average Bonchev–Trinajstić information content (AvgIpc) is 2.61. The van der Waals surface area contributed by atoms with Crippen LogP contribution in [0, 0.1) is 0 Å². The molecule has 2 aliphatic rings. The summed E-state index contributed by atoms with van der Waals surface area (Å²) in [6.07, 6.45) is 3.14. The lowest BCUT2D eigenvalue weighted by atomic mass is 9.99. The Morgan fingerprint density at radius 1 is 1.00 bits per heavy atom. The Kier molecular flexibility index (Phi) is 3.98. The summed E-state index contributed by atoms with van der Waals surface area (Å²) in [5.41, 5.74) is 5.90. The molecule has 0 unspecified atom stereocenters. The van der Waals surface area contributed by atoms with E-state index in [0.717, 1.165) is 50.3 Å². The summed E-state index contributed by atoms with van der Waals surface area (Å²) in [5.74, 6) is 0. The summed E-state index contributed by atoms with van der Waals surface area (Å²) in [5, 5.41) is 3.09. The molecule has 0 spiro atoms. The molecule has 0 aromatic heterocycles. The number of hydrogen-bond acceptors (Lipinski definition) is 2. The van der Waals surface area contributed by atoms with Gasteiger partial charge in [-0.3, -0.25) is 4.90 Å². The summed E-state index contributed by atoms with van der Waals surface area (Å²) in [7, 11) is 2.14. The molecular weight excluding hydrogens is 298 g/mol. The summed E-state index contributed by atoms with van der Waals surface area (Å²) in [4.78, 5) is 16.9. The van der Waals surface area contributed by atoms with Gasteiger partial charge in [-0.05, 0) is 61.2 Å². The van der Waals surface area contributed by atoms with Crippen molar-refractivity contribution >= 4 is 17.4 Å². The highest BCUT2D eigenvalue weighted by Crippen LogP contribution is 2.28. The van der Waals surface area contributed by atoms with Gasteiger partial charge in [0, 0.05) is 31.0 Å². The van der Waals surface area contributed by atoms with Gasteiger partial charge in [-0.25, -0.2) is 4.79 Å². The van der Waals surface area contributed by atoms with Gasteiger partial charge < -0.3 is 10.2 Å². The van der Waals surface area contributed by atoms with Crippen molar-refractivity contribution in [3.63, 3.8) is 0 Å². The fraction of sp³-hybridized carbons (Fsp3) is 0.350. The molecule has 124 valence electrons. The minimum Gasteiger partial charge on any atom is -0.308 e. The van der Waals surface area contributed by atoms with E-state index in [9.17, 15) is 4.79 Å². The summed E-state index contributed by atoms with van der Waals surface area (Å²) >= 11 is 0. The molecule has 0 aliphatic carbocycles. The summed E-state index contributed by atoms with van der Waals surface area (Å²) < 4.78 is 0. The number of amides is 2. The third-order valence-electron chi connectivity index (χ3n) is 5.02. The molecule has 4 rings (SSSR count). The van der Waals surface area contributed by atoms with Crippen LogP contribution in [-0.4, -0.2) is 31.1 Å². The Balaban J connectivity index is 1.54. The van der Waals surface area contributed by atoms with Crippen LogP contribution in [0.15, 0.2) is 42.5 Å². The zero-order valence-electron chi connectivity index (χ0n) is 14.1. The highest BCUT2D eigenvalue weighted by molar-refractivity contribution is 6.02. The Bertz CT molecular complexity index is 771. The second-order valence-corrected chi connectivity index (χ2v) is 6.79. The second kappa shape index (κ2) is 6.29. The summed E-state index contributed by atoms with van der Waals surface area (Å²) in [6.45, 7) is 2.82. The molecule has 0 saturated heterocycles. The number of aryl methyl sites for hydroxylation is 1. The van der Waals surface area contributed by atoms with Crippen LogP contribution in [0.1, 0.15) is 23.1 Å². The fourth-order valence-electron chi connectivity index (χ4n) is 3.71. The minimum absolute atomic E-state index is 0.0359. The number of urea groups is 1. The van der Waals surface area contributed by atoms with E-state index in [2.05, 4.69) is 35.5 Å². The Hall–Kier alpha value is -2.33. The van der Waals surface area contributed by atoms with Crippen LogP contribution in [0.2, 0.25) is 0 Å². The lowest BCUT2D eigenvalue weighted by molar-refractivity contribution is 0.256.